The molecule has 15 heteroatoms. The summed E-state index contributed by atoms with van der Waals surface area (Å²) in [5.74, 6) is 0.233. The lowest BCUT2D eigenvalue weighted by molar-refractivity contribution is -0.0501. The van der Waals surface area contributed by atoms with Crippen LogP contribution in [-0.2, 0) is 20.0 Å². The molecule has 0 amide bonds. The molecule has 0 aromatic heterocycles. The molecule has 1 saturated carbocycles. The molecule has 1 saturated heterocycles. The summed E-state index contributed by atoms with van der Waals surface area (Å²) in [4.78, 5) is 1.79. The number of hydrogen-bond acceptors (Lipinski definition) is 7. The average Bonchev–Trinajstić information content (AvgIpc) is 2.85. The van der Waals surface area contributed by atoms with Gasteiger partial charge < -0.3 is 13.8 Å². The first-order valence-corrected chi connectivity index (χ1v) is 15.3. The Labute approximate surface area is 228 Å². The molecule has 2 fully saturated rings. The maximum atomic E-state index is 13.2. The highest BCUT2D eigenvalue weighted by Crippen LogP contribution is 2.47. The second kappa shape index (κ2) is 11.0. The lowest BCUT2D eigenvalue weighted by Gasteiger charge is -2.45. The monoisotopic (exact) mass is 615 g/mol. The number of alkyl halides is 6. The number of ether oxygens (including phenoxy) is 1. The average molecular weight is 616 g/mol. The largest absolute Gasteiger partial charge is 0.534 e. The number of halogens is 6. The van der Waals surface area contributed by atoms with Gasteiger partial charge in [-0.3, -0.25) is 0 Å². The lowest BCUT2D eigenvalue weighted by atomic mass is 9.83. The van der Waals surface area contributed by atoms with Gasteiger partial charge in [-0.1, -0.05) is 30.7 Å². The first-order chi connectivity index (χ1) is 18.5. The van der Waals surface area contributed by atoms with Gasteiger partial charge in [0.25, 0.3) is 9.84 Å². The van der Waals surface area contributed by atoms with Crippen molar-refractivity contribution in [2.75, 3.05) is 26.2 Å². The summed E-state index contributed by atoms with van der Waals surface area (Å²) in [6.45, 7) is 1.21. The van der Waals surface area contributed by atoms with Gasteiger partial charge in [-0.2, -0.15) is 34.8 Å². The van der Waals surface area contributed by atoms with Gasteiger partial charge in [0.2, 0.25) is 0 Å². The van der Waals surface area contributed by atoms with Crippen LogP contribution in [0.15, 0.2) is 48.5 Å². The minimum Gasteiger partial charge on any atom is -0.493 e. The van der Waals surface area contributed by atoms with E-state index in [0.29, 0.717) is 55.8 Å². The highest BCUT2D eigenvalue weighted by Gasteiger charge is 2.62. The highest BCUT2D eigenvalue weighted by atomic mass is 32.2. The van der Waals surface area contributed by atoms with E-state index in [-0.39, 0.29) is 25.3 Å². The van der Waals surface area contributed by atoms with Crippen LogP contribution in [0.1, 0.15) is 32.1 Å². The Morgan fingerprint density at radius 3 is 1.70 bits per heavy atom. The fraction of sp³-hybridized carbons (Fsp3) is 0.520. The molecule has 0 N–H and O–H groups in total. The zero-order valence-electron chi connectivity index (χ0n) is 21.0. The van der Waals surface area contributed by atoms with Crippen molar-refractivity contribution in [3.8, 4) is 22.6 Å². The maximum Gasteiger partial charge on any atom is 0.534 e. The smallest absolute Gasteiger partial charge is 0.493 e. The van der Waals surface area contributed by atoms with Crippen LogP contribution in [0.2, 0.25) is 0 Å². The highest BCUT2D eigenvalue weighted by molar-refractivity contribution is 7.93. The van der Waals surface area contributed by atoms with E-state index in [9.17, 15) is 43.2 Å². The molecule has 4 rings (SSSR count). The van der Waals surface area contributed by atoms with Crippen molar-refractivity contribution in [2.45, 2.75) is 47.9 Å². The van der Waals surface area contributed by atoms with Gasteiger partial charge >= 0.3 is 21.1 Å². The van der Waals surface area contributed by atoms with Crippen LogP contribution in [0.4, 0.5) is 26.3 Å². The standard InChI is InChI=1S/C25H27F6NO6S2/c26-24(27,28)39(33,34)23(12-1-13-23)17-32-14-10-18(11-15-32)16-37-21-6-2-19(3-7-21)20-4-8-22(9-5-20)38-40(35,36)25(29,30)31/h2-9,18H,1,10-17H2. The second-order valence-electron chi connectivity index (χ2n) is 10.0. The van der Waals surface area contributed by atoms with Gasteiger partial charge in [-0.25, -0.2) is 8.42 Å². The predicted octanol–water partition coefficient (Wildman–Crippen LogP) is 5.53. The fourth-order valence-electron chi connectivity index (χ4n) is 4.88. The van der Waals surface area contributed by atoms with Crippen molar-refractivity contribution in [3.63, 3.8) is 0 Å². The first kappa shape index (κ1) is 30.4. The van der Waals surface area contributed by atoms with Crippen LogP contribution >= 0.6 is 0 Å². The number of sulfone groups is 1. The third-order valence-corrected chi connectivity index (χ3v) is 10.6. The summed E-state index contributed by atoms with van der Waals surface area (Å²) in [5, 5.41) is 0. The number of benzene rings is 2. The molecule has 1 aliphatic heterocycles. The molecular weight excluding hydrogens is 588 g/mol. The van der Waals surface area contributed by atoms with E-state index in [1.165, 1.54) is 12.1 Å². The van der Waals surface area contributed by atoms with E-state index in [2.05, 4.69) is 4.18 Å². The SMILES string of the molecule is O=S(=O)(Oc1ccc(-c2ccc(OCC3CCN(CC4(S(=O)(=O)C(F)(F)F)CCC4)CC3)cc2)cc1)C(F)(F)F. The Hall–Kier alpha value is -2.52. The van der Waals surface area contributed by atoms with Crippen molar-refractivity contribution >= 4 is 20.0 Å². The minimum atomic E-state index is -5.76. The van der Waals surface area contributed by atoms with E-state index in [4.69, 9.17) is 4.74 Å². The molecule has 0 atom stereocenters. The molecule has 0 unspecified atom stereocenters. The number of piperidine rings is 1. The number of likely N-dealkylation sites (tertiary alicyclic amines) is 1. The minimum absolute atomic E-state index is 0.0196. The molecule has 2 aromatic carbocycles. The van der Waals surface area contributed by atoms with E-state index in [1.807, 2.05) is 0 Å². The van der Waals surface area contributed by atoms with Crippen molar-refractivity contribution < 1.29 is 52.1 Å². The normalized spacial score (nSPS) is 19.1. The number of nitrogens with zero attached hydrogens (tertiary/aromatic N) is 1. The summed E-state index contributed by atoms with van der Waals surface area (Å²) < 4.78 is 132. The van der Waals surface area contributed by atoms with E-state index in [0.717, 1.165) is 12.1 Å². The Morgan fingerprint density at radius 1 is 0.775 bits per heavy atom. The number of hydrogen-bond donors (Lipinski definition) is 0. The van der Waals surface area contributed by atoms with Crippen molar-refractivity contribution in [2.24, 2.45) is 5.92 Å². The van der Waals surface area contributed by atoms with Gasteiger partial charge in [-0.15, -0.1) is 0 Å². The van der Waals surface area contributed by atoms with E-state index >= 15 is 0 Å². The van der Waals surface area contributed by atoms with Gasteiger partial charge in [0, 0.05) is 6.54 Å². The van der Waals surface area contributed by atoms with Crippen LogP contribution < -0.4 is 8.92 Å². The Kier molecular flexibility index (Phi) is 8.41. The van der Waals surface area contributed by atoms with Gasteiger partial charge in [-0.05, 0) is 80.1 Å². The van der Waals surface area contributed by atoms with E-state index in [1.54, 1.807) is 29.2 Å². The molecule has 222 valence electrons. The second-order valence-corrected chi connectivity index (χ2v) is 13.9. The molecule has 40 heavy (non-hydrogen) atoms. The molecule has 2 aliphatic rings. The lowest BCUT2D eigenvalue weighted by Crippen LogP contribution is -2.58. The Bertz CT molecular complexity index is 1380. The summed E-state index contributed by atoms with van der Waals surface area (Å²) in [7, 11) is -11.0. The van der Waals surface area contributed by atoms with Crippen molar-refractivity contribution in [1.29, 1.82) is 0 Å². The van der Waals surface area contributed by atoms with E-state index < -0.39 is 41.5 Å². The molecule has 0 radical (unpaired) electrons. The maximum absolute atomic E-state index is 13.2. The van der Waals surface area contributed by atoms with Crippen molar-refractivity contribution in [3.05, 3.63) is 48.5 Å². The fourth-order valence-corrected chi connectivity index (χ4v) is 7.01. The first-order valence-electron chi connectivity index (χ1n) is 12.4. The van der Waals surface area contributed by atoms with Crippen molar-refractivity contribution in [1.82, 2.24) is 4.90 Å². The van der Waals surface area contributed by atoms with Gasteiger partial charge in [0.1, 0.15) is 11.5 Å². The molecular formula is C25H27F6NO6S2. The molecule has 1 aliphatic carbocycles. The summed E-state index contributed by atoms with van der Waals surface area (Å²) in [6.07, 6.45) is 1.80. The van der Waals surface area contributed by atoms with Gasteiger partial charge in [0.15, 0.2) is 0 Å². The zero-order chi connectivity index (χ0) is 29.4. The summed E-state index contributed by atoms with van der Waals surface area (Å²) in [6, 6.07) is 11.9. The molecule has 2 aromatic rings. The third kappa shape index (κ3) is 6.35. The topological polar surface area (TPSA) is 90.0 Å². The molecule has 0 spiro atoms. The zero-order valence-corrected chi connectivity index (χ0v) is 22.7. The quantitative estimate of drug-likeness (QED) is 0.208. The molecule has 7 nitrogen and oxygen atoms in total. The summed E-state index contributed by atoms with van der Waals surface area (Å²) >= 11 is 0. The summed E-state index contributed by atoms with van der Waals surface area (Å²) in [5.41, 5.74) is -9.48. The van der Waals surface area contributed by atoms with Crippen LogP contribution in [-0.4, -0.2) is 63.7 Å². The Morgan fingerprint density at radius 2 is 1.27 bits per heavy atom. The van der Waals surface area contributed by atoms with Crippen LogP contribution in [0.5, 0.6) is 11.5 Å². The Balaban J connectivity index is 1.26. The van der Waals surface area contributed by atoms with Crippen LogP contribution in [0.3, 0.4) is 0 Å². The molecule has 0 bridgehead atoms. The third-order valence-electron chi connectivity index (χ3n) is 7.38. The van der Waals surface area contributed by atoms with Crippen LogP contribution in [0, 0.1) is 5.92 Å². The molecule has 1 heterocycles. The number of rotatable bonds is 9. The predicted molar refractivity (Wildman–Crippen MR) is 134 cm³/mol. The van der Waals surface area contributed by atoms with Gasteiger partial charge in [0.05, 0.1) is 11.4 Å². The van der Waals surface area contributed by atoms with Crippen LogP contribution in [0.25, 0.3) is 11.1 Å².